The summed E-state index contributed by atoms with van der Waals surface area (Å²) < 4.78 is 7.63. The van der Waals surface area contributed by atoms with Crippen molar-refractivity contribution in [2.75, 3.05) is 6.54 Å². The molecule has 1 aliphatic rings. The Balaban J connectivity index is 1.65. The van der Waals surface area contributed by atoms with Gasteiger partial charge in [0.25, 0.3) is 0 Å². The maximum absolute atomic E-state index is 5.73. The molecule has 3 heterocycles. The number of hydrogen-bond acceptors (Lipinski definition) is 6. The number of rotatable bonds is 5. The van der Waals surface area contributed by atoms with Crippen molar-refractivity contribution in [1.82, 2.24) is 29.9 Å². The zero-order chi connectivity index (χ0) is 14.7. The smallest absolute Gasteiger partial charge is 0.230 e. The van der Waals surface area contributed by atoms with Gasteiger partial charge in [-0.2, -0.15) is 5.10 Å². The van der Waals surface area contributed by atoms with Crippen molar-refractivity contribution in [2.24, 2.45) is 0 Å². The third-order valence-electron chi connectivity index (χ3n) is 3.93. The molecule has 0 unspecified atom stereocenters. The number of nitrogens with zero attached hydrogens (tertiary/aromatic N) is 6. The van der Waals surface area contributed by atoms with Crippen LogP contribution < -0.4 is 0 Å². The van der Waals surface area contributed by atoms with Gasteiger partial charge in [-0.3, -0.25) is 9.58 Å². The Hall–Kier alpha value is -1.76. The molecule has 1 atom stereocenters. The second-order valence-corrected chi connectivity index (χ2v) is 5.93. The average molecular weight is 290 g/mol. The molecule has 114 valence electrons. The van der Waals surface area contributed by atoms with Gasteiger partial charge in [-0.1, -0.05) is 20.3 Å². The summed E-state index contributed by atoms with van der Waals surface area (Å²) in [5.74, 6) is 1.71. The van der Waals surface area contributed by atoms with E-state index in [1.54, 1.807) is 12.7 Å². The van der Waals surface area contributed by atoms with E-state index in [0.717, 1.165) is 25.5 Å². The van der Waals surface area contributed by atoms with E-state index in [-0.39, 0.29) is 5.92 Å². The lowest BCUT2D eigenvalue weighted by Gasteiger charge is -2.34. The molecule has 21 heavy (non-hydrogen) atoms. The van der Waals surface area contributed by atoms with E-state index in [2.05, 4.69) is 39.0 Å². The highest BCUT2D eigenvalue weighted by molar-refractivity contribution is 4.89. The Bertz CT molecular complexity index is 550. The molecule has 2 aromatic heterocycles. The number of likely N-dealkylation sites (tertiary alicyclic amines) is 1. The summed E-state index contributed by atoms with van der Waals surface area (Å²) >= 11 is 0. The van der Waals surface area contributed by atoms with E-state index < -0.39 is 0 Å². The van der Waals surface area contributed by atoms with Gasteiger partial charge in [-0.15, -0.1) is 10.2 Å². The monoisotopic (exact) mass is 290 g/mol. The van der Waals surface area contributed by atoms with E-state index in [9.17, 15) is 0 Å². The summed E-state index contributed by atoms with van der Waals surface area (Å²) in [5, 5.41) is 12.5. The van der Waals surface area contributed by atoms with E-state index >= 15 is 0 Å². The molecule has 0 saturated carbocycles. The second-order valence-electron chi connectivity index (χ2n) is 5.93. The first-order valence-electron chi connectivity index (χ1n) is 7.61. The first-order chi connectivity index (χ1) is 10.2. The minimum absolute atomic E-state index is 0.276. The quantitative estimate of drug-likeness (QED) is 0.836. The van der Waals surface area contributed by atoms with E-state index in [1.165, 1.54) is 19.3 Å². The van der Waals surface area contributed by atoms with Gasteiger partial charge < -0.3 is 4.42 Å². The van der Waals surface area contributed by atoms with E-state index in [1.807, 2.05) is 4.68 Å². The van der Waals surface area contributed by atoms with Crippen LogP contribution in [0.4, 0.5) is 0 Å². The SMILES string of the molecule is CC(C)c1nnc(CN2CCCC[C@H]2Cn2cncn2)o1. The van der Waals surface area contributed by atoms with Crippen molar-refractivity contribution in [3.63, 3.8) is 0 Å². The maximum atomic E-state index is 5.73. The molecule has 0 bridgehead atoms. The molecule has 0 radical (unpaired) electrons. The van der Waals surface area contributed by atoms with Crippen LogP contribution in [0.3, 0.4) is 0 Å². The third-order valence-corrected chi connectivity index (χ3v) is 3.93. The molecule has 0 aliphatic carbocycles. The fraction of sp³-hybridized carbons (Fsp3) is 0.714. The summed E-state index contributed by atoms with van der Waals surface area (Å²) in [6, 6.07) is 0.454. The molecule has 3 rings (SSSR count). The molecule has 2 aromatic rings. The third kappa shape index (κ3) is 3.47. The van der Waals surface area contributed by atoms with E-state index in [4.69, 9.17) is 4.42 Å². The van der Waals surface area contributed by atoms with Gasteiger partial charge in [-0.25, -0.2) is 4.98 Å². The van der Waals surface area contributed by atoms with Crippen molar-refractivity contribution in [3.05, 3.63) is 24.4 Å². The molecule has 1 fully saturated rings. The summed E-state index contributed by atoms with van der Waals surface area (Å²) in [4.78, 5) is 6.43. The molecule has 0 N–H and O–H groups in total. The van der Waals surface area contributed by atoms with Crippen molar-refractivity contribution >= 4 is 0 Å². The van der Waals surface area contributed by atoms with Crippen LogP contribution in [-0.4, -0.2) is 42.4 Å². The van der Waals surface area contributed by atoms with Gasteiger partial charge in [0, 0.05) is 12.0 Å². The Labute approximate surface area is 124 Å². The van der Waals surface area contributed by atoms with Crippen LogP contribution in [0.25, 0.3) is 0 Å². The van der Waals surface area contributed by atoms with Gasteiger partial charge in [-0.05, 0) is 19.4 Å². The molecule has 7 nitrogen and oxygen atoms in total. The highest BCUT2D eigenvalue weighted by atomic mass is 16.4. The number of aromatic nitrogens is 5. The van der Waals surface area contributed by atoms with Crippen molar-refractivity contribution in [2.45, 2.75) is 58.2 Å². The van der Waals surface area contributed by atoms with Gasteiger partial charge in [0.15, 0.2) is 0 Å². The van der Waals surface area contributed by atoms with Crippen LogP contribution in [-0.2, 0) is 13.1 Å². The summed E-state index contributed by atoms with van der Waals surface area (Å²) in [6.07, 6.45) is 7.01. The Kier molecular flexibility index (Phi) is 4.28. The second kappa shape index (κ2) is 6.34. The fourth-order valence-corrected chi connectivity index (χ4v) is 2.76. The Morgan fingerprint density at radius 1 is 1.33 bits per heavy atom. The summed E-state index contributed by atoms with van der Waals surface area (Å²) in [7, 11) is 0. The Morgan fingerprint density at radius 2 is 2.24 bits per heavy atom. The van der Waals surface area contributed by atoms with Gasteiger partial charge in [0.1, 0.15) is 12.7 Å². The predicted molar refractivity (Wildman–Crippen MR) is 76.5 cm³/mol. The lowest BCUT2D eigenvalue weighted by atomic mass is 10.0. The molecular weight excluding hydrogens is 268 g/mol. The molecule has 0 amide bonds. The molecular formula is C14H22N6O. The van der Waals surface area contributed by atoms with E-state index in [0.29, 0.717) is 11.9 Å². The zero-order valence-corrected chi connectivity index (χ0v) is 12.6. The summed E-state index contributed by atoms with van der Waals surface area (Å²) in [6.45, 7) is 6.78. The average Bonchev–Trinajstić information content (AvgIpc) is 3.12. The van der Waals surface area contributed by atoms with Gasteiger partial charge in [0.05, 0.1) is 13.1 Å². The fourth-order valence-electron chi connectivity index (χ4n) is 2.76. The minimum Gasteiger partial charge on any atom is -0.424 e. The normalized spacial score (nSPS) is 20.2. The highest BCUT2D eigenvalue weighted by Crippen LogP contribution is 2.21. The standard InChI is InChI=1S/C14H22N6O/c1-11(2)14-18-17-13(21-14)8-19-6-4-3-5-12(19)7-20-10-15-9-16-20/h9-12H,3-8H2,1-2H3/t12-/m0/s1. The largest absolute Gasteiger partial charge is 0.424 e. The van der Waals surface area contributed by atoms with Crippen LogP contribution in [0.5, 0.6) is 0 Å². The molecule has 1 saturated heterocycles. The van der Waals surface area contributed by atoms with Gasteiger partial charge in [0.2, 0.25) is 11.8 Å². The van der Waals surface area contributed by atoms with Crippen LogP contribution in [0, 0.1) is 0 Å². The van der Waals surface area contributed by atoms with Crippen LogP contribution >= 0.6 is 0 Å². The lowest BCUT2D eigenvalue weighted by molar-refractivity contribution is 0.110. The molecule has 7 heteroatoms. The van der Waals surface area contributed by atoms with Crippen LogP contribution in [0.15, 0.2) is 17.1 Å². The van der Waals surface area contributed by atoms with Crippen molar-refractivity contribution < 1.29 is 4.42 Å². The zero-order valence-electron chi connectivity index (χ0n) is 12.6. The van der Waals surface area contributed by atoms with Crippen LogP contribution in [0.1, 0.15) is 50.8 Å². The first kappa shape index (κ1) is 14.2. The van der Waals surface area contributed by atoms with Crippen molar-refractivity contribution in [3.8, 4) is 0 Å². The van der Waals surface area contributed by atoms with Crippen LogP contribution in [0.2, 0.25) is 0 Å². The molecule has 0 aromatic carbocycles. The predicted octanol–water partition coefficient (Wildman–Crippen LogP) is 1.84. The highest BCUT2D eigenvalue weighted by Gasteiger charge is 2.25. The lowest BCUT2D eigenvalue weighted by Crippen LogP contribution is -2.41. The Morgan fingerprint density at radius 3 is 2.95 bits per heavy atom. The molecule has 0 spiro atoms. The minimum atomic E-state index is 0.276. The first-order valence-corrected chi connectivity index (χ1v) is 7.61. The molecule has 1 aliphatic heterocycles. The number of hydrogen-bond donors (Lipinski definition) is 0. The van der Waals surface area contributed by atoms with Gasteiger partial charge >= 0.3 is 0 Å². The number of piperidine rings is 1. The summed E-state index contributed by atoms with van der Waals surface area (Å²) in [5.41, 5.74) is 0. The maximum Gasteiger partial charge on any atom is 0.230 e. The van der Waals surface area contributed by atoms with Crippen molar-refractivity contribution in [1.29, 1.82) is 0 Å². The topological polar surface area (TPSA) is 72.9 Å².